The average molecular weight is 531 g/mol. The Morgan fingerprint density at radius 3 is 2.41 bits per heavy atom. The number of unbranched alkanes of at least 4 members (excludes halogenated alkanes) is 3. The van der Waals surface area contributed by atoms with Crippen LogP contribution in [0.4, 0.5) is 0 Å². The molecule has 0 bridgehead atoms. The van der Waals surface area contributed by atoms with Crippen LogP contribution in [0, 0.1) is 5.92 Å². The molecule has 1 fully saturated rings. The van der Waals surface area contributed by atoms with Crippen LogP contribution in [0.5, 0.6) is 11.5 Å². The number of carbonyl (C=O) groups is 2. The molecule has 0 N–H and O–H groups in total. The SMILES string of the molecule is CCCCCCOC(=O)C(C)(C)c1cc2c(c(O[Si](C)(C)C(C)(C)C)c1)[C@@H]1CC(=O)CC[C@H]1C(C)(C)O2. The Morgan fingerprint density at radius 2 is 1.78 bits per heavy atom. The Labute approximate surface area is 226 Å². The first-order valence-corrected chi connectivity index (χ1v) is 17.2. The van der Waals surface area contributed by atoms with Gasteiger partial charge in [0.05, 0.1) is 12.0 Å². The van der Waals surface area contributed by atoms with E-state index in [0.29, 0.717) is 25.2 Å². The third-order valence-electron chi connectivity index (χ3n) is 9.04. The molecule has 1 saturated carbocycles. The zero-order valence-corrected chi connectivity index (χ0v) is 26.0. The maximum absolute atomic E-state index is 13.3. The van der Waals surface area contributed by atoms with Gasteiger partial charge in [0.2, 0.25) is 8.32 Å². The van der Waals surface area contributed by atoms with E-state index in [9.17, 15) is 9.59 Å². The fourth-order valence-electron chi connectivity index (χ4n) is 5.42. The summed E-state index contributed by atoms with van der Waals surface area (Å²) in [4.78, 5) is 25.9. The van der Waals surface area contributed by atoms with E-state index >= 15 is 0 Å². The van der Waals surface area contributed by atoms with Crippen molar-refractivity contribution in [2.75, 3.05) is 6.61 Å². The van der Waals surface area contributed by atoms with Crippen LogP contribution in [-0.2, 0) is 19.7 Å². The van der Waals surface area contributed by atoms with Crippen molar-refractivity contribution in [3.05, 3.63) is 23.3 Å². The Kier molecular flexibility index (Phi) is 8.63. The normalized spacial score (nSPS) is 21.5. The van der Waals surface area contributed by atoms with Gasteiger partial charge in [0.1, 0.15) is 22.9 Å². The van der Waals surface area contributed by atoms with Gasteiger partial charge in [-0.15, -0.1) is 0 Å². The standard InChI is InChI=1S/C31H50O5Si/c1-11-12-13-14-17-34-28(33)30(5,6)21-18-25-27(26(19-21)36-37(9,10)29(2,3)4)23-20-22(32)15-16-24(23)31(7,8)35-25/h18-19,23-24H,11-17,20H2,1-10H3/t23-,24-/m1/s1. The third kappa shape index (κ3) is 6.26. The maximum Gasteiger partial charge on any atom is 0.315 e. The molecule has 0 amide bonds. The van der Waals surface area contributed by atoms with Crippen molar-refractivity contribution in [1.29, 1.82) is 0 Å². The first-order chi connectivity index (χ1) is 17.0. The monoisotopic (exact) mass is 530 g/mol. The Bertz CT molecular complexity index is 1000. The van der Waals surface area contributed by atoms with E-state index in [4.69, 9.17) is 13.9 Å². The number of rotatable bonds is 9. The lowest BCUT2D eigenvalue weighted by Crippen LogP contribution is -2.48. The highest BCUT2D eigenvalue weighted by atomic mass is 28.4. The number of ketones is 1. The summed E-state index contributed by atoms with van der Waals surface area (Å²) in [5, 5.41) is -0.000589. The summed E-state index contributed by atoms with van der Waals surface area (Å²) < 4.78 is 19.4. The summed E-state index contributed by atoms with van der Waals surface area (Å²) in [5.41, 5.74) is 0.567. The summed E-state index contributed by atoms with van der Waals surface area (Å²) in [7, 11) is -2.21. The second-order valence-corrected chi connectivity index (χ2v) is 18.5. The molecule has 37 heavy (non-hydrogen) atoms. The molecule has 2 aliphatic rings. The molecule has 1 aliphatic carbocycles. The first-order valence-electron chi connectivity index (χ1n) is 14.3. The number of ether oxygens (including phenoxy) is 2. The number of carbonyl (C=O) groups excluding carboxylic acids is 2. The first kappa shape index (κ1) is 29.7. The summed E-state index contributed by atoms with van der Waals surface area (Å²) in [6.45, 7) is 21.8. The van der Waals surface area contributed by atoms with Gasteiger partial charge in [-0.05, 0) is 76.4 Å². The van der Waals surface area contributed by atoms with E-state index in [1.165, 1.54) is 0 Å². The highest BCUT2D eigenvalue weighted by Gasteiger charge is 2.49. The van der Waals surface area contributed by atoms with Crippen LogP contribution in [0.25, 0.3) is 0 Å². The number of benzene rings is 1. The Morgan fingerprint density at radius 1 is 1.11 bits per heavy atom. The minimum absolute atomic E-state index is 0.000589. The number of hydrogen-bond acceptors (Lipinski definition) is 5. The van der Waals surface area contributed by atoms with Gasteiger partial charge >= 0.3 is 5.97 Å². The van der Waals surface area contributed by atoms with E-state index in [2.05, 4.69) is 54.6 Å². The van der Waals surface area contributed by atoms with Crippen LogP contribution in [-0.4, -0.2) is 32.3 Å². The van der Waals surface area contributed by atoms with Crippen molar-refractivity contribution in [3.8, 4) is 11.5 Å². The zero-order valence-electron chi connectivity index (χ0n) is 25.0. The molecule has 208 valence electrons. The molecule has 0 saturated heterocycles. The van der Waals surface area contributed by atoms with Gasteiger partial charge in [0.15, 0.2) is 0 Å². The van der Waals surface area contributed by atoms with Crippen LogP contribution >= 0.6 is 0 Å². The van der Waals surface area contributed by atoms with Crippen LogP contribution in [0.15, 0.2) is 12.1 Å². The minimum atomic E-state index is -2.21. The molecule has 2 atom stereocenters. The van der Waals surface area contributed by atoms with Crippen LogP contribution in [0.3, 0.4) is 0 Å². The van der Waals surface area contributed by atoms with E-state index in [1.807, 2.05) is 26.0 Å². The van der Waals surface area contributed by atoms with Crippen molar-refractivity contribution >= 4 is 20.1 Å². The molecule has 1 aromatic rings. The van der Waals surface area contributed by atoms with Crippen LogP contribution in [0.2, 0.25) is 18.1 Å². The molecular weight excluding hydrogens is 480 g/mol. The van der Waals surface area contributed by atoms with Gasteiger partial charge in [-0.2, -0.15) is 0 Å². The number of hydrogen-bond donors (Lipinski definition) is 0. The second-order valence-electron chi connectivity index (χ2n) is 13.8. The predicted molar refractivity (Wildman–Crippen MR) is 152 cm³/mol. The molecule has 1 heterocycles. The molecular formula is C31H50O5Si. The Balaban J connectivity index is 2.07. The summed E-state index contributed by atoms with van der Waals surface area (Å²) in [5.74, 6) is 1.90. The summed E-state index contributed by atoms with van der Waals surface area (Å²) in [6, 6.07) is 4.04. The quantitative estimate of drug-likeness (QED) is 0.183. The lowest BCUT2D eigenvalue weighted by Gasteiger charge is -2.48. The predicted octanol–water partition coefficient (Wildman–Crippen LogP) is 8.10. The maximum atomic E-state index is 13.3. The second kappa shape index (κ2) is 10.7. The molecule has 6 heteroatoms. The fraction of sp³-hybridized carbons (Fsp3) is 0.742. The van der Waals surface area contributed by atoms with Gasteiger partial charge in [-0.3, -0.25) is 9.59 Å². The highest BCUT2D eigenvalue weighted by molar-refractivity contribution is 6.74. The van der Waals surface area contributed by atoms with Gasteiger partial charge in [-0.1, -0.05) is 47.0 Å². The van der Waals surface area contributed by atoms with E-state index in [-0.39, 0.29) is 22.8 Å². The van der Waals surface area contributed by atoms with E-state index in [1.54, 1.807) is 0 Å². The molecule has 0 spiro atoms. The van der Waals surface area contributed by atoms with Crippen LogP contribution < -0.4 is 9.16 Å². The average Bonchev–Trinajstić information content (AvgIpc) is 2.76. The molecule has 1 aliphatic heterocycles. The minimum Gasteiger partial charge on any atom is -0.543 e. The molecule has 0 radical (unpaired) electrons. The smallest absolute Gasteiger partial charge is 0.315 e. The molecule has 5 nitrogen and oxygen atoms in total. The Hall–Kier alpha value is -1.82. The zero-order chi connectivity index (χ0) is 27.8. The third-order valence-corrected chi connectivity index (χ3v) is 13.4. The lowest BCUT2D eigenvalue weighted by atomic mass is 9.66. The largest absolute Gasteiger partial charge is 0.543 e. The lowest BCUT2D eigenvalue weighted by molar-refractivity contribution is -0.149. The number of esters is 1. The fourth-order valence-corrected chi connectivity index (χ4v) is 6.44. The molecule has 0 unspecified atom stereocenters. The van der Waals surface area contributed by atoms with E-state index in [0.717, 1.165) is 54.7 Å². The summed E-state index contributed by atoms with van der Waals surface area (Å²) >= 11 is 0. The summed E-state index contributed by atoms with van der Waals surface area (Å²) in [6.07, 6.45) is 6.20. The highest BCUT2D eigenvalue weighted by Crippen LogP contribution is 2.55. The van der Waals surface area contributed by atoms with E-state index < -0.39 is 19.3 Å². The van der Waals surface area contributed by atoms with Crippen LogP contribution in [0.1, 0.15) is 117 Å². The van der Waals surface area contributed by atoms with Crippen molar-refractivity contribution in [3.63, 3.8) is 0 Å². The molecule has 3 rings (SSSR count). The number of fused-ring (bicyclic) bond motifs is 3. The van der Waals surface area contributed by atoms with Gasteiger partial charge < -0.3 is 13.9 Å². The van der Waals surface area contributed by atoms with Gasteiger partial charge in [-0.25, -0.2) is 0 Å². The van der Waals surface area contributed by atoms with Gasteiger partial charge in [0.25, 0.3) is 0 Å². The van der Waals surface area contributed by atoms with Crippen molar-refractivity contribution in [2.24, 2.45) is 5.92 Å². The molecule has 0 aromatic heterocycles. The van der Waals surface area contributed by atoms with Crippen molar-refractivity contribution < 1.29 is 23.5 Å². The van der Waals surface area contributed by atoms with Crippen molar-refractivity contribution in [1.82, 2.24) is 0 Å². The topological polar surface area (TPSA) is 61.8 Å². The van der Waals surface area contributed by atoms with Gasteiger partial charge in [0, 0.05) is 30.2 Å². The number of Topliss-reactive ketones (excluding diaryl/α,β-unsaturated/α-hetero) is 1. The molecule has 1 aromatic carbocycles. The van der Waals surface area contributed by atoms with Crippen molar-refractivity contribution in [2.45, 2.75) is 135 Å².